The molecule has 7 nitrogen and oxygen atoms in total. The Morgan fingerprint density at radius 2 is 1.94 bits per heavy atom. The van der Waals surface area contributed by atoms with Crippen molar-refractivity contribution >= 4 is 11.9 Å². The van der Waals surface area contributed by atoms with Gasteiger partial charge >= 0.3 is 0 Å². The molecule has 0 spiro atoms. The Morgan fingerprint density at radius 1 is 1.12 bits per heavy atom. The molecule has 0 radical (unpaired) electrons. The summed E-state index contributed by atoms with van der Waals surface area (Å²) >= 11 is 0. The molecule has 32 heavy (non-hydrogen) atoms. The molecule has 1 unspecified atom stereocenters. The summed E-state index contributed by atoms with van der Waals surface area (Å²) < 4.78 is 5.46. The molecule has 0 aliphatic carbocycles. The van der Waals surface area contributed by atoms with Crippen molar-refractivity contribution in [1.82, 2.24) is 20.4 Å². The van der Waals surface area contributed by atoms with Gasteiger partial charge in [0.1, 0.15) is 5.75 Å². The fourth-order valence-corrected chi connectivity index (χ4v) is 4.60. The second-order valence-corrected chi connectivity index (χ2v) is 8.73. The number of carbonyl (C=O) groups is 1. The van der Waals surface area contributed by atoms with Crippen molar-refractivity contribution < 1.29 is 9.53 Å². The second kappa shape index (κ2) is 13.3. The van der Waals surface area contributed by atoms with Crippen LogP contribution in [0.1, 0.15) is 63.5 Å². The van der Waals surface area contributed by atoms with Crippen LogP contribution in [0.25, 0.3) is 0 Å². The third-order valence-corrected chi connectivity index (χ3v) is 6.40. The number of likely N-dealkylation sites (tertiary alicyclic amines) is 2. The van der Waals surface area contributed by atoms with Crippen molar-refractivity contribution in [2.24, 2.45) is 4.99 Å². The number of methoxy groups -OCH3 is 1. The summed E-state index contributed by atoms with van der Waals surface area (Å²) in [5.74, 6) is 2.06. The summed E-state index contributed by atoms with van der Waals surface area (Å²) in [5, 5.41) is 6.84. The van der Waals surface area contributed by atoms with Crippen LogP contribution < -0.4 is 15.4 Å². The number of hydrogen-bond donors (Lipinski definition) is 2. The molecule has 2 aliphatic rings. The van der Waals surface area contributed by atoms with E-state index < -0.39 is 0 Å². The highest BCUT2D eigenvalue weighted by Crippen LogP contribution is 2.27. The van der Waals surface area contributed by atoms with Gasteiger partial charge in [0.25, 0.3) is 0 Å². The molecule has 2 N–H and O–H groups in total. The highest BCUT2D eigenvalue weighted by Gasteiger charge is 2.24. The predicted molar refractivity (Wildman–Crippen MR) is 130 cm³/mol. The first kappa shape index (κ1) is 24.4. The Morgan fingerprint density at radius 3 is 2.72 bits per heavy atom. The van der Waals surface area contributed by atoms with Gasteiger partial charge in [-0.2, -0.15) is 0 Å². The molecule has 1 atom stereocenters. The number of rotatable bonds is 10. The molecule has 2 aliphatic heterocycles. The number of benzene rings is 1. The van der Waals surface area contributed by atoms with Crippen LogP contribution in [0, 0.1) is 0 Å². The largest absolute Gasteiger partial charge is 0.497 e. The summed E-state index contributed by atoms with van der Waals surface area (Å²) in [5.41, 5.74) is 1.26. The maximum Gasteiger partial charge on any atom is 0.222 e. The van der Waals surface area contributed by atoms with Crippen LogP contribution in [-0.4, -0.2) is 74.6 Å². The normalized spacial score (nSPS) is 19.0. The van der Waals surface area contributed by atoms with E-state index in [9.17, 15) is 4.79 Å². The summed E-state index contributed by atoms with van der Waals surface area (Å²) in [6, 6.07) is 8.62. The maximum atomic E-state index is 12.2. The molecule has 1 amide bonds. The predicted octanol–water partition coefficient (Wildman–Crippen LogP) is 3.18. The molecule has 1 aromatic rings. The van der Waals surface area contributed by atoms with Crippen molar-refractivity contribution in [3.8, 4) is 5.75 Å². The number of amides is 1. The number of guanidine groups is 1. The number of ether oxygens (including phenoxy) is 1. The molecule has 0 bridgehead atoms. The van der Waals surface area contributed by atoms with E-state index in [1.165, 1.54) is 24.8 Å². The summed E-state index contributed by atoms with van der Waals surface area (Å²) in [7, 11) is 1.72. The second-order valence-electron chi connectivity index (χ2n) is 8.73. The van der Waals surface area contributed by atoms with Gasteiger partial charge in [0.15, 0.2) is 5.96 Å². The van der Waals surface area contributed by atoms with E-state index in [1.807, 2.05) is 11.0 Å². The van der Waals surface area contributed by atoms with Crippen LogP contribution in [0.15, 0.2) is 29.3 Å². The van der Waals surface area contributed by atoms with E-state index in [1.54, 1.807) is 7.11 Å². The molecule has 7 heteroatoms. The van der Waals surface area contributed by atoms with E-state index in [2.05, 4.69) is 40.7 Å². The Hall–Kier alpha value is -2.28. The molecule has 2 heterocycles. The highest BCUT2D eigenvalue weighted by molar-refractivity contribution is 5.79. The highest BCUT2D eigenvalue weighted by atomic mass is 16.5. The van der Waals surface area contributed by atoms with Gasteiger partial charge in [0.2, 0.25) is 5.91 Å². The van der Waals surface area contributed by atoms with Gasteiger partial charge in [-0.25, -0.2) is 0 Å². The molecule has 1 aromatic carbocycles. The molecule has 178 valence electrons. The van der Waals surface area contributed by atoms with Crippen molar-refractivity contribution in [2.45, 2.75) is 57.9 Å². The summed E-state index contributed by atoms with van der Waals surface area (Å²) in [4.78, 5) is 21.7. The zero-order valence-corrected chi connectivity index (χ0v) is 19.9. The fraction of sp³-hybridized carbons (Fsp3) is 0.680. The first-order valence-corrected chi connectivity index (χ1v) is 12.4. The molecular weight excluding hydrogens is 402 g/mol. The molecule has 0 saturated carbocycles. The van der Waals surface area contributed by atoms with Crippen LogP contribution >= 0.6 is 0 Å². The Bertz CT molecular complexity index is 733. The molecule has 3 rings (SSSR count). The smallest absolute Gasteiger partial charge is 0.222 e. The van der Waals surface area contributed by atoms with E-state index in [0.717, 1.165) is 70.2 Å². The maximum absolute atomic E-state index is 12.2. The Labute approximate surface area is 193 Å². The van der Waals surface area contributed by atoms with Crippen LogP contribution in [-0.2, 0) is 4.79 Å². The van der Waals surface area contributed by atoms with E-state index >= 15 is 0 Å². The molecule has 0 aromatic heterocycles. The SMILES string of the molecule is CCNC(=NCC(c1cccc(OC)c1)N1CCCC1)NCCCN1CCCCCC1=O. The number of nitrogens with one attached hydrogen (secondary N) is 2. The van der Waals surface area contributed by atoms with Gasteiger partial charge in [0.05, 0.1) is 19.7 Å². The monoisotopic (exact) mass is 443 g/mol. The first-order valence-electron chi connectivity index (χ1n) is 12.4. The Kier molecular flexibility index (Phi) is 10.1. The van der Waals surface area contributed by atoms with Gasteiger partial charge in [0, 0.05) is 32.6 Å². The average Bonchev–Trinajstić information content (AvgIpc) is 3.26. The van der Waals surface area contributed by atoms with E-state index in [0.29, 0.717) is 18.9 Å². The van der Waals surface area contributed by atoms with Crippen molar-refractivity contribution in [2.75, 3.05) is 52.9 Å². The third kappa shape index (κ3) is 7.40. The van der Waals surface area contributed by atoms with Crippen LogP contribution in [0.4, 0.5) is 0 Å². The average molecular weight is 444 g/mol. The van der Waals surface area contributed by atoms with E-state index in [-0.39, 0.29) is 6.04 Å². The minimum Gasteiger partial charge on any atom is -0.497 e. The number of nitrogens with zero attached hydrogens (tertiary/aromatic N) is 3. The number of hydrogen-bond acceptors (Lipinski definition) is 4. The lowest BCUT2D eigenvalue weighted by Crippen LogP contribution is -2.40. The van der Waals surface area contributed by atoms with Crippen molar-refractivity contribution in [1.29, 1.82) is 0 Å². The van der Waals surface area contributed by atoms with Crippen LogP contribution in [0.2, 0.25) is 0 Å². The first-order chi connectivity index (χ1) is 15.7. The molecule has 2 saturated heterocycles. The van der Waals surface area contributed by atoms with Crippen molar-refractivity contribution in [3.63, 3.8) is 0 Å². The third-order valence-electron chi connectivity index (χ3n) is 6.40. The number of aliphatic imine (C=N–C) groups is 1. The Balaban J connectivity index is 1.57. The lowest BCUT2D eigenvalue weighted by Gasteiger charge is -2.27. The standard InChI is InChI=1S/C25H41N5O2/c1-3-26-25(27-14-10-18-30-17-6-4-5-13-24(30)31)28-20-23(29-15-7-8-16-29)21-11-9-12-22(19-21)32-2/h9,11-12,19,23H,3-8,10,13-18,20H2,1-2H3,(H2,26,27,28). The van der Waals surface area contributed by atoms with Gasteiger partial charge in [-0.1, -0.05) is 18.6 Å². The zero-order valence-electron chi connectivity index (χ0n) is 19.9. The zero-order chi connectivity index (χ0) is 22.6. The van der Waals surface area contributed by atoms with E-state index in [4.69, 9.17) is 9.73 Å². The fourth-order valence-electron chi connectivity index (χ4n) is 4.60. The summed E-state index contributed by atoms with van der Waals surface area (Å²) in [6.45, 7) is 8.39. The van der Waals surface area contributed by atoms with Crippen LogP contribution in [0.5, 0.6) is 5.75 Å². The lowest BCUT2D eigenvalue weighted by molar-refractivity contribution is -0.130. The lowest BCUT2D eigenvalue weighted by atomic mass is 10.1. The van der Waals surface area contributed by atoms with Gasteiger partial charge in [-0.15, -0.1) is 0 Å². The van der Waals surface area contributed by atoms with Gasteiger partial charge in [-0.05, 0) is 69.8 Å². The van der Waals surface area contributed by atoms with Crippen molar-refractivity contribution in [3.05, 3.63) is 29.8 Å². The molecule has 2 fully saturated rings. The minimum absolute atomic E-state index is 0.248. The van der Waals surface area contributed by atoms with Gasteiger partial charge in [-0.3, -0.25) is 14.7 Å². The summed E-state index contributed by atoms with van der Waals surface area (Å²) in [6.07, 6.45) is 7.47. The quantitative estimate of drug-likeness (QED) is 0.330. The topological polar surface area (TPSA) is 69.2 Å². The van der Waals surface area contributed by atoms with Crippen LogP contribution in [0.3, 0.4) is 0 Å². The van der Waals surface area contributed by atoms with Gasteiger partial charge < -0.3 is 20.3 Å². The molecular formula is C25H41N5O2. The minimum atomic E-state index is 0.248. The number of carbonyl (C=O) groups excluding carboxylic acids is 1.